The zero-order valence-corrected chi connectivity index (χ0v) is 14.9. The summed E-state index contributed by atoms with van der Waals surface area (Å²) in [4.78, 5) is 16.3. The Bertz CT molecular complexity index is 931. The molecule has 1 aromatic heterocycles. The van der Waals surface area contributed by atoms with Crippen LogP contribution in [0.1, 0.15) is 15.9 Å². The molecule has 0 aliphatic rings. The minimum Gasteiger partial charge on any atom is -0.352 e. The molecule has 0 fully saturated rings. The Labute approximate surface area is 160 Å². The summed E-state index contributed by atoms with van der Waals surface area (Å²) in [5, 5.41) is 5.79. The van der Waals surface area contributed by atoms with E-state index in [2.05, 4.69) is 15.6 Å². The van der Waals surface area contributed by atoms with Crippen molar-refractivity contribution in [2.45, 2.75) is 6.42 Å². The average Bonchev–Trinajstić information content (AvgIpc) is 2.67. The van der Waals surface area contributed by atoms with Crippen LogP contribution in [0.5, 0.6) is 0 Å². The number of carbonyl (C=O) groups excluding carboxylic acids is 1. The van der Waals surface area contributed by atoms with Gasteiger partial charge in [-0.3, -0.25) is 4.79 Å². The molecule has 4 nitrogen and oxygen atoms in total. The molecule has 0 aliphatic carbocycles. The summed E-state index contributed by atoms with van der Waals surface area (Å²) in [6.45, 7) is 0.429. The van der Waals surface area contributed by atoms with Gasteiger partial charge in [-0.25, -0.2) is 13.8 Å². The number of pyridine rings is 1. The fraction of sp³-hybridized carbons (Fsp3) is 0.100. The highest BCUT2D eigenvalue weighted by atomic mass is 35.5. The number of nitrogens with zero attached hydrogens (tertiary/aromatic N) is 1. The number of aromatic nitrogens is 1. The van der Waals surface area contributed by atoms with Crippen LogP contribution in [-0.4, -0.2) is 17.4 Å². The summed E-state index contributed by atoms with van der Waals surface area (Å²) in [6.07, 6.45) is 2.05. The van der Waals surface area contributed by atoms with Crippen LogP contribution < -0.4 is 10.6 Å². The maximum absolute atomic E-state index is 13.2. The van der Waals surface area contributed by atoms with E-state index < -0.39 is 5.82 Å². The molecule has 0 radical (unpaired) electrons. The number of hydrogen-bond acceptors (Lipinski definition) is 3. The molecule has 0 aliphatic heterocycles. The highest BCUT2D eigenvalue weighted by molar-refractivity contribution is 6.31. The van der Waals surface area contributed by atoms with Crippen molar-refractivity contribution < 1.29 is 13.6 Å². The number of halogens is 3. The first-order valence-electron chi connectivity index (χ1n) is 8.22. The monoisotopic (exact) mass is 387 g/mol. The lowest BCUT2D eigenvalue weighted by Crippen LogP contribution is -2.25. The zero-order valence-electron chi connectivity index (χ0n) is 14.2. The number of carbonyl (C=O) groups is 1. The summed E-state index contributed by atoms with van der Waals surface area (Å²) < 4.78 is 26.0. The molecule has 3 aromatic rings. The molecule has 7 heteroatoms. The molecule has 138 valence electrons. The van der Waals surface area contributed by atoms with Crippen LogP contribution in [0.4, 0.5) is 20.3 Å². The number of benzene rings is 2. The van der Waals surface area contributed by atoms with Gasteiger partial charge in [0.1, 0.15) is 17.5 Å². The van der Waals surface area contributed by atoms with Crippen molar-refractivity contribution in [3.8, 4) is 0 Å². The predicted molar refractivity (Wildman–Crippen MR) is 101 cm³/mol. The van der Waals surface area contributed by atoms with Crippen LogP contribution in [0.2, 0.25) is 5.02 Å². The van der Waals surface area contributed by atoms with E-state index in [1.807, 2.05) is 0 Å². The number of rotatable bonds is 6. The standard InChI is InChI=1S/C20H16ClF2N3O/c21-17-11-16(6-7-18(17)23)26-19-8-3-14(12-25-19)20(27)24-10-9-13-1-4-15(22)5-2-13/h1-8,11-12H,9-10H2,(H,24,27)(H,25,26). The van der Waals surface area contributed by atoms with Gasteiger partial charge in [-0.2, -0.15) is 0 Å². The summed E-state index contributed by atoms with van der Waals surface area (Å²) in [6, 6.07) is 13.7. The van der Waals surface area contributed by atoms with Gasteiger partial charge in [0.15, 0.2) is 0 Å². The maximum atomic E-state index is 13.2. The van der Waals surface area contributed by atoms with Crippen molar-refractivity contribution in [3.63, 3.8) is 0 Å². The fourth-order valence-corrected chi connectivity index (χ4v) is 2.58. The van der Waals surface area contributed by atoms with Crippen molar-refractivity contribution in [1.29, 1.82) is 0 Å². The lowest BCUT2D eigenvalue weighted by Gasteiger charge is -2.08. The van der Waals surface area contributed by atoms with Crippen LogP contribution in [0.3, 0.4) is 0 Å². The topological polar surface area (TPSA) is 54.0 Å². The lowest BCUT2D eigenvalue weighted by atomic mass is 10.1. The first kappa shape index (κ1) is 18.8. The summed E-state index contributed by atoms with van der Waals surface area (Å²) >= 11 is 5.74. The number of amides is 1. The number of nitrogens with one attached hydrogen (secondary N) is 2. The quantitative estimate of drug-likeness (QED) is 0.643. The van der Waals surface area contributed by atoms with Crippen LogP contribution >= 0.6 is 11.6 Å². The molecule has 0 saturated carbocycles. The van der Waals surface area contributed by atoms with Crippen molar-refractivity contribution >= 4 is 29.0 Å². The van der Waals surface area contributed by atoms with Gasteiger partial charge < -0.3 is 10.6 Å². The van der Waals surface area contributed by atoms with E-state index in [-0.39, 0.29) is 16.7 Å². The Balaban J connectivity index is 1.53. The third-order valence-electron chi connectivity index (χ3n) is 3.83. The van der Waals surface area contributed by atoms with Gasteiger partial charge in [0, 0.05) is 18.4 Å². The van der Waals surface area contributed by atoms with Crippen LogP contribution in [0, 0.1) is 11.6 Å². The molecular formula is C20H16ClF2N3O. The largest absolute Gasteiger partial charge is 0.352 e. The number of hydrogen-bond donors (Lipinski definition) is 2. The first-order valence-corrected chi connectivity index (χ1v) is 8.60. The Morgan fingerprint density at radius 2 is 1.81 bits per heavy atom. The first-order chi connectivity index (χ1) is 13.0. The fourth-order valence-electron chi connectivity index (χ4n) is 2.40. The number of anilines is 2. The molecule has 2 N–H and O–H groups in total. The molecule has 1 heterocycles. The van der Waals surface area contributed by atoms with Crippen LogP contribution in [-0.2, 0) is 6.42 Å². The van der Waals surface area contributed by atoms with Gasteiger partial charge in [-0.05, 0) is 54.4 Å². The predicted octanol–water partition coefficient (Wildman–Crippen LogP) is 4.73. The summed E-state index contributed by atoms with van der Waals surface area (Å²) in [5.41, 5.74) is 1.94. The van der Waals surface area contributed by atoms with E-state index in [0.29, 0.717) is 30.0 Å². The van der Waals surface area contributed by atoms with Crippen molar-refractivity contribution in [3.05, 3.63) is 88.6 Å². The lowest BCUT2D eigenvalue weighted by molar-refractivity contribution is 0.0954. The second-order valence-corrected chi connectivity index (χ2v) is 6.23. The summed E-state index contributed by atoms with van der Waals surface area (Å²) in [7, 11) is 0. The van der Waals surface area contributed by atoms with E-state index in [0.717, 1.165) is 5.56 Å². The van der Waals surface area contributed by atoms with Crippen molar-refractivity contribution in [2.75, 3.05) is 11.9 Å². The summed E-state index contributed by atoms with van der Waals surface area (Å²) in [5.74, 6) is -0.533. The zero-order chi connectivity index (χ0) is 19.2. The van der Waals surface area contributed by atoms with E-state index in [9.17, 15) is 13.6 Å². The third kappa shape index (κ3) is 5.24. The van der Waals surface area contributed by atoms with Gasteiger partial charge >= 0.3 is 0 Å². The molecule has 0 saturated heterocycles. The van der Waals surface area contributed by atoms with Crippen molar-refractivity contribution in [1.82, 2.24) is 10.3 Å². The Morgan fingerprint density at radius 3 is 2.48 bits per heavy atom. The van der Waals surface area contributed by atoms with Gasteiger partial charge in [0.25, 0.3) is 5.91 Å². The minimum atomic E-state index is -0.497. The highest BCUT2D eigenvalue weighted by Gasteiger charge is 2.07. The normalized spacial score (nSPS) is 10.5. The maximum Gasteiger partial charge on any atom is 0.252 e. The van der Waals surface area contributed by atoms with Crippen LogP contribution in [0.15, 0.2) is 60.8 Å². The molecule has 27 heavy (non-hydrogen) atoms. The molecule has 0 spiro atoms. The molecule has 0 atom stereocenters. The van der Waals surface area contributed by atoms with E-state index in [1.54, 1.807) is 30.3 Å². The van der Waals surface area contributed by atoms with Gasteiger partial charge in [0.2, 0.25) is 0 Å². The molecule has 0 unspecified atom stereocenters. The second kappa shape index (κ2) is 8.60. The minimum absolute atomic E-state index is 0.0113. The molecule has 2 aromatic carbocycles. The Kier molecular flexibility index (Phi) is 5.98. The Morgan fingerprint density at radius 1 is 1.04 bits per heavy atom. The van der Waals surface area contributed by atoms with Gasteiger partial charge in [0.05, 0.1) is 10.6 Å². The van der Waals surface area contributed by atoms with E-state index in [4.69, 9.17) is 11.6 Å². The molecule has 3 rings (SSSR count). The van der Waals surface area contributed by atoms with Gasteiger partial charge in [-0.1, -0.05) is 23.7 Å². The average molecular weight is 388 g/mol. The molecular weight excluding hydrogens is 372 g/mol. The molecule has 1 amide bonds. The SMILES string of the molecule is O=C(NCCc1ccc(F)cc1)c1ccc(Nc2ccc(F)c(Cl)c2)nc1. The van der Waals surface area contributed by atoms with Gasteiger partial charge in [-0.15, -0.1) is 0 Å². The highest BCUT2D eigenvalue weighted by Crippen LogP contribution is 2.21. The second-order valence-electron chi connectivity index (χ2n) is 5.82. The van der Waals surface area contributed by atoms with Crippen LogP contribution in [0.25, 0.3) is 0 Å². The van der Waals surface area contributed by atoms with Crippen molar-refractivity contribution in [2.24, 2.45) is 0 Å². The molecule has 0 bridgehead atoms. The van der Waals surface area contributed by atoms with E-state index >= 15 is 0 Å². The van der Waals surface area contributed by atoms with E-state index in [1.165, 1.54) is 30.5 Å². The third-order valence-corrected chi connectivity index (χ3v) is 4.12. The smallest absolute Gasteiger partial charge is 0.252 e. The Hall–Kier alpha value is -2.99.